The second-order valence-corrected chi connectivity index (χ2v) is 3.79. The smallest absolute Gasteiger partial charge is 0.159 e. The van der Waals surface area contributed by atoms with Crippen molar-refractivity contribution in [1.82, 2.24) is 0 Å². The van der Waals surface area contributed by atoms with E-state index in [1.165, 1.54) is 0 Å². The number of carbonyl (C=O) groups is 1. The molecule has 14 heavy (non-hydrogen) atoms. The van der Waals surface area contributed by atoms with Crippen LogP contribution in [0.4, 0.5) is 0 Å². The predicted octanol–water partition coefficient (Wildman–Crippen LogP) is 2.92. The van der Waals surface area contributed by atoms with Crippen molar-refractivity contribution in [2.24, 2.45) is 5.92 Å². The molecule has 0 aliphatic carbocycles. The van der Waals surface area contributed by atoms with Gasteiger partial charge in [0.1, 0.15) is 5.75 Å². The summed E-state index contributed by atoms with van der Waals surface area (Å²) in [5.41, 5.74) is 0.700. The molecule has 0 aliphatic heterocycles. The first-order chi connectivity index (χ1) is 6.59. The first kappa shape index (κ1) is 10.8. The highest BCUT2D eigenvalue weighted by molar-refractivity contribution is 5.94. The van der Waals surface area contributed by atoms with E-state index >= 15 is 0 Å². The first-order valence-electron chi connectivity index (χ1n) is 4.83. The third-order valence-electron chi connectivity index (χ3n) is 1.82. The van der Waals surface area contributed by atoms with Gasteiger partial charge in [-0.15, -0.1) is 0 Å². The number of ether oxygens (including phenoxy) is 1. The molecule has 1 aromatic carbocycles. The Kier molecular flexibility index (Phi) is 3.69. The molecule has 1 aromatic rings. The van der Waals surface area contributed by atoms with Crippen molar-refractivity contribution in [3.05, 3.63) is 29.8 Å². The van der Waals surface area contributed by atoms with Crippen LogP contribution in [0.25, 0.3) is 0 Å². The summed E-state index contributed by atoms with van der Waals surface area (Å²) in [4.78, 5) is 11.1. The van der Waals surface area contributed by atoms with Crippen LogP contribution in [0.15, 0.2) is 24.3 Å². The van der Waals surface area contributed by atoms with Crippen molar-refractivity contribution in [3.8, 4) is 5.75 Å². The van der Waals surface area contributed by atoms with Crippen LogP contribution in [-0.2, 0) is 0 Å². The van der Waals surface area contributed by atoms with Crippen LogP contribution in [0.3, 0.4) is 0 Å². The summed E-state index contributed by atoms with van der Waals surface area (Å²) >= 11 is 0. The van der Waals surface area contributed by atoms with E-state index in [9.17, 15) is 4.79 Å². The standard InChI is InChI=1S/C12H16O2/c1-9(2)8-14-12-6-4-5-11(7-12)10(3)13/h4-7,9H,8H2,1-3H3. The molecule has 76 valence electrons. The average molecular weight is 192 g/mol. The maximum atomic E-state index is 11.1. The highest BCUT2D eigenvalue weighted by atomic mass is 16.5. The zero-order chi connectivity index (χ0) is 10.6. The highest BCUT2D eigenvalue weighted by Crippen LogP contribution is 2.14. The minimum atomic E-state index is 0.0694. The molecular weight excluding hydrogens is 176 g/mol. The summed E-state index contributed by atoms with van der Waals surface area (Å²) in [5.74, 6) is 1.34. The molecule has 0 unspecified atom stereocenters. The van der Waals surface area contributed by atoms with Gasteiger partial charge < -0.3 is 4.74 Å². The summed E-state index contributed by atoms with van der Waals surface area (Å²) in [6, 6.07) is 7.29. The zero-order valence-corrected chi connectivity index (χ0v) is 8.91. The molecular formula is C12H16O2. The Labute approximate surface area is 84.9 Å². The molecule has 0 radical (unpaired) electrons. The maximum absolute atomic E-state index is 11.1. The van der Waals surface area contributed by atoms with Crippen molar-refractivity contribution in [1.29, 1.82) is 0 Å². The average Bonchev–Trinajstić information content (AvgIpc) is 2.15. The molecule has 2 nitrogen and oxygen atoms in total. The van der Waals surface area contributed by atoms with Crippen LogP contribution in [0.5, 0.6) is 5.75 Å². The molecule has 2 heteroatoms. The van der Waals surface area contributed by atoms with Crippen molar-refractivity contribution in [2.45, 2.75) is 20.8 Å². The van der Waals surface area contributed by atoms with E-state index in [-0.39, 0.29) is 5.78 Å². The van der Waals surface area contributed by atoms with Crippen molar-refractivity contribution in [2.75, 3.05) is 6.61 Å². The Morgan fingerprint density at radius 2 is 2.14 bits per heavy atom. The number of hydrogen-bond acceptors (Lipinski definition) is 2. The minimum Gasteiger partial charge on any atom is -0.493 e. The van der Waals surface area contributed by atoms with Gasteiger partial charge in [-0.2, -0.15) is 0 Å². The van der Waals surface area contributed by atoms with Gasteiger partial charge in [0.2, 0.25) is 0 Å². The third-order valence-corrected chi connectivity index (χ3v) is 1.82. The topological polar surface area (TPSA) is 26.3 Å². The van der Waals surface area contributed by atoms with Crippen molar-refractivity contribution in [3.63, 3.8) is 0 Å². The van der Waals surface area contributed by atoms with E-state index < -0.39 is 0 Å². The molecule has 0 bridgehead atoms. The second kappa shape index (κ2) is 4.80. The van der Waals surface area contributed by atoms with Crippen molar-refractivity contribution >= 4 is 5.78 Å². The fourth-order valence-corrected chi connectivity index (χ4v) is 1.07. The Morgan fingerprint density at radius 3 is 2.71 bits per heavy atom. The van der Waals surface area contributed by atoms with Crippen LogP contribution in [0.1, 0.15) is 31.1 Å². The lowest BCUT2D eigenvalue weighted by Crippen LogP contribution is -2.05. The molecule has 0 saturated heterocycles. The molecule has 0 atom stereocenters. The molecule has 1 rings (SSSR count). The summed E-state index contributed by atoms with van der Waals surface area (Å²) in [7, 11) is 0. The van der Waals surface area contributed by atoms with Gasteiger partial charge in [-0.1, -0.05) is 26.0 Å². The van der Waals surface area contributed by atoms with Gasteiger partial charge in [-0.3, -0.25) is 4.79 Å². The second-order valence-electron chi connectivity index (χ2n) is 3.79. The largest absolute Gasteiger partial charge is 0.493 e. The fraction of sp³-hybridized carbons (Fsp3) is 0.417. The van der Waals surface area contributed by atoms with Gasteiger partial charge in [0.15, 0.2) is 5.78 Å². The summed E-state index contributed by atoms with van der Waals surface area (Å²) in [6.45, 7) is 6.42. The van der Waals surface area contributed by atoms with Crippen LogP contribution in [-0.4, -0.2) is 12.4 Å². The summed E-state index contributed by atoms with van der Waals surface area (Å²) < 4.78 is 5.51. The normalized spacial score (nSPS) is 10.3. The molecule has 0 spiro atoms. The molecule has 0 amide bonds. The van der Waals surface area contributed by atoms with Gasteiger partial charge in [-0.25, -0.2) is 0 Å². The number of carbonyl (C=O) groups excluding carboxylic acids is 1. The maximum Gasteiger partial charge on any atom is 0.159 e. The molecule has 0 saturated carbocycles. The number of hydrogen-bond donors (Lipinski definition) is 0. The zero-order valence-electron chi connectivity index (χ0n) is 8.91. The highest BCUT2D eigenvalue weighted by Gasteiger charge is 2.01. The Balaban J connectivity index is 2.69. The molecule has 0 aliphatic rings. The fourth-order valence-electron chi connectivity index (χ4n) is 1.07. The van der Waals surface area contributed by atoms with Gasteiger partial charge in [0.25, 0.3) is 0 Å². The van der Waals surface area contributed by atoms with Crippen molar-refractivity contribution < 1.29 is 9.53 Å². The van der Waals surface area contributed by atoms with E-state index in [1.807, 2.05) is 12.1 Å². The number of rotatable bonds is 4. The van der Waals surface area contributed by atoms with Crippen LogP contribution in [0, 0.1) is 5.92 Å². The molecule has 0 heterocycles. The van der Waals surface area contributed by atoms with E-state index in [4.69, 9.17) is 4.74 Å². The lowest BCUT2D eigenvalue weighted by atomic mass is 10.1. The van der Waals surface area contributed by atoms with Gasteiger partial charge in [0.05, 0.1) is 6.61 Å². The van der Waals surface area contributed by atoms with Crippen LogP contribution in [0.2, 0.25) is 0 Å². The van der Waals surface area contributed by atoms with E-state index in [1.54, 1.807) is 19.1 Å². The lowest BCUT2D eigenvalue weighted by molar-refractivity contribution is 0.101. The van der Waals surface area contributed by atoms with Gasteiger partial charge in [0, 0.05) is 5.56 Å². The van der Waals surface area contributed by atoms with E-state index in [0.29, 0.717) is 18.1 Å². The SMILES string of the molecule is CC(=O)c1cccc(OCC(C)C)c1. The molecule has 0 N–H and O–H groups in total. The Hall–Kier alpha value is -1.31. The lowest BCUT2D eigenvalue weighted by Gasteiger charge is -2.08. The van der Waals surface area contributed by atoms with Crippen LogP contribution >= 0.6 is 0 Å². The number of ketones is 1. The van der Waals surface area contributed by atoms with Crippen LogP contribution < -0.4 is 4.74 Å². The van der Waals surface area contributed by atoms with Gasteiger partial charge in [-0.05, 0) is 25.0 Å². The predicted molar refractivity (Wildman–Crippen MR) is 56.8 cm³/mol. The third kappa shape index (κ3) is 3.21. The Morgan fingerprint density at radius 1 is 1.43 bits per heavy atom. The summed E-state index contributed by atoms with van der Waals surface area (Å²) in [6.07, 6.45) is 0. The Bertz CT molecular complexity index is 316. The summed E-state index contributed by atoms with van der Waals surface area (Å²) in [5, 5.41) is 0. The first-order valence-corrected chi connectivity index (χ1v) is 4.83. The van der Waals surface area contributed by atoms with E-state index in [2.05, 4.69) is 13.8 Å². The monoisotopic (exact) mass is 192 g/mol. The van der Waals surface area contributed by atoms with E-state index in [0.717, 1.165) is 5.75 Å². The minimum absolute atomic E-state index is 0.0694. The number of Topliss-reactive ketones (excluding diaryl/α,β-unsaturated/α-hetero) is 1. The quantitative estimate of drug-likeness (QED) is 0.685. The number of benzene rings is 1. The molecule has 0 fully saturated rings. The molecule has 0 aromatic heterocycles. The van der Waals surface area contributed by atoms with Gasteiger partial charge >= 0.3 is 0 Å².